The number of benzene rings is 2. The molecule has 0 bridgehead atoms. The van der Waals surface area contributed by atoms with Gasteiger partial charge in [-0.05, 0) is 18.2 Å². The van der Waals surface area contributed by atoms with Crippen LogP contribution >= 0.6 is 0 Å². The van der Waals surface area contributed by atoms with Gasteiger partial charge in [0.2, 0.25) is 0 Å². The van der Waals surface area contributed by atoms with Crippen molar-refractivity contribution in [1.29, 1.82) is 0 Å². The largest absolute Gasteiger partial charge is 0.508 e. The summed E-state index contributed by atoms with van der Waals surface area (Å²) in [6.07, 6.45) is 0. The van der Waals surface area contributed by atoms with E-state index in [0.29, 0.717) is 0 Å². The van der Waals surface area contributed by atoms with Gasteiger partial charge in [0.1, 0.15) is 23.9 Å². The predicted octanol–water partition coefficient (Wildman–Crippen LogP) is 1.87. The van der Waals surface area contributed by atoms with Crippen LogP contribution in [0.3, 0.4) is 0 Å². The summed E-state index contributed by atoms with van der Waals surface area (Å²) in [6, 6.07) is 6.27. The zero-order valence-corrected chi connectivity index (χ0v) is 10.8. The van der Waals surface area contributed by atoms with E-state index in [1.165, 1.54) is 18.2 Å². The fraction of sp³-hybridized carbons (Fsp3) is 0.133. The monoisotopic (exact) mass is 288 g/mol. The molecule has 4 N–H and O–H groups in total. The molecule has 2 aromatic rings. The SMILES string of the molecule is O=C1c2ccc(O)cc2OCC1c1cc(O)c(O)cc1O. The minimum Gasteiger partial charge on any atom is -0.508 e. The third kappa shape index (κ3) is 2.10. The molecule has 1 heterocycles. The molecule has 0 saturated heterocycles. The maximum absolute atomic E-state index is 12.5. The quantitative estimate of drug-likeness (QED) is 0.471. The Morgan fingerprint density at radius 1 is 0.952 bits per heavy atom. The van der Waals surface area contributed by atoms with Crippen molar-refractivity contribution in [3.63, 3.8) is 0 Å². The lowest BCUT2D eigenvalue weighted by molar-refractivity contribution is 0.0894. The van der Waals surface area contributed by atoms with E-state index >= 15 is 0 Å². The molecule has 0 fully saturated rings. The lowest BCUT2D eigenvalue weighted by Gasteiger charge is -2.25. The molecule has 1 aliphatic rings. The van der Waals surface area contributed by atoms with E-state index in [2.05, 4.69) is 0 Å². The Kier molecular flexibility index (Phi) is 2.86. The maximum Gasteiger partial charge on any atom is 0.177 e. The summed E-state index contributed by atoms with van der Waals surface area (Å²) < 4.78 is 5.43. The summed E-state index contributed by atoms with van der Waals surface area (Å²) in [7, 11) is 0. The number of Topliss-reactive ketones (excluding diaryl/α,β-unsaturated/α-hetero) is 1. The lowest BCUT2D eigenvalue weighted by atomic mass is 9.88. The number of aromatic hydroxyl groups is 4. The molecule has 0 radical (unpaired) electrons. The molecule has 6 heteroatoms. The molecular formula is C15H12O6. The van der Waals surface area contributed by atoms with Crippen molar-refractivity contribution < 1.29 is 30.0 Å². The number of rotatable bonds is 1. The van der Waals surface area contributed by atoms with Crippen molar-refractivity contribution in [2.75, 3.05) is 6.61 Å². The molecule has 108 valence electrons. The smallest absolute Gasteiger partial charge is 0.177 e. The van der Waals surface area contributed by atoms with Gasteiger partial charge in [-0.25, -0.2) is 0 Å². The third-order valence-electron chi connectivity index (χ3n) is 3.45. The second-order valence-electron chi connectivity index (χ2n) is 4.81. The average molecular weight is 288 g/mol. The highest BCUT2D eigenvalue weighted by Gasteiger charge is 2.32. The third-order valence-corrected chi connectivity index (χ3v) is 3.45. The molecule has 1 unspecified atom stereocenters. The van der Waals surface area contributed by atoms with E-state index in [1.807, 2.05) is 0 Å². The van der Waals surface area contributed by atoms with Crippen LogP contribution in [0.1, 0.15) is 21.8 Å². The molecule has 1 atom stereocenters. The Bertz CT molecular complexity index is 737. The van der Waals surface area contributed by atoms with E-state index in [9.17, 15) is 25.2 Å². The first-order valence-corrected chi connectivity index (χ1v) is 6.22. The number of carbonyl (C=O) groups is 1. The van der Waals surface area contributed by atoms with E-state index in [0.717, 1.165) is 12.1 Å². The van der Waals surface area contributed by atoms with Crippen LogP contribution in [0.25, 0.3) is 0 Å². The number of phenolic OH excluding ortho intramolecular Hbond substituents is 4. The van der Waals surface area contributed by atoms with Crippen molar-refractivity contribution in [3.05, 3.63) is 41.5 Å². The van der Waals surface area contributed by atoms with Gasteiger partial charge in [-0.3, -0.25) is 4.79 Å². The molecule has 2 aromatic carbocycles. The van der Waals surface area contributed by atoms with Gasteiger partial charge in [0.05, 0.1) is 11.5 Å². The highest BCUT2D eigenvalue weighted by atomic mass is 16.5. The molecular weight excluding hydrogens is 276 g/mol. The zero-order valence-electron chi connectivity index (χ0n) is 10.8. The predicted molar refractivity (Wildman–Crippen MR) is 72.1 cm³/mol. The Morgan fingerprint density at radius 3 is 2.43 bits per heavy atom. The van der Waals surface area contributed by atoms with Crippen LogP contribution in [0.5, 0.6) is 28.7 Å². The van der Waals surface area contributed by atoms with Gasteiger partial charge < -0.3 is 25.2 Å². The summed E-state index contributed by atoms with van der Waals surface area (Å²) in [5.74, 6) is -2.01. The number of hydrogen-bond donors (Lipinski definition) is 4. The van der Waals surface area contributed by atoms with Crippen LogP contribution in [0, 0.1) is 0 Å². The number of hydrogen-bond acceptors (Lipinski definition) is 6. The van der Waals surface area contributed by atoms with Gasteiger partial charge in [-0.2, -0.15) is 0 Å². The van der Waals surface area contributed by atoms with E-state index in [-0.39, 0.29) is 40.8 Å². The lowest BCUT2D eigenvalue weighted by Crippen LogP contribution is -2.26. The zero-order chi connectivity index (χ0) is 15.1. The van der Waals surface area contributed by atoms with E-state index in [4.69, 9.17) is 4.74 Å². The second-order valence-corrected chi connectivity index (χ2v) is 4.81. The number of ether oxygens (including phenoxy) is 1. The molecule has 1 aliphatic heterocycles. The van der Waals surface area contributed by atoms with Gasteiger partial charge in [0.25, 0.3) is 0 Å². The van der Waals surface area contributed by atoms with Crippen molar-refractivity contribution in [1.82, 2.24) is 0 Å². The number of fused-ring (bicyclic) bond motifs is 1. The average Bonchev–Trinajstić information content (AvgIpc) is 2.44. The Morgan fingerprint density at radius 2 is 1.67 bits per heavy atom. The van der Waals surface area contributed by atoms with E-state index < -0.39 is 17.4 Å². The summed E-state index contributed by atoms with van der Waals surface area (Å²) in [6.45, 7) is -0.0347. The minimum absolute atomic E-state index is 0.00914. The van der Waals surface area contributed by atoms with Crippen molar-refractivity contribution in [2.24, 2.45) is 0 Å². The first kappa shape index (κ1) is 13.1. The second kappa shape index (κ2) is 4.59. The summed E-state index contributed by atoms with van der Waals surface area (Å²) >= 11 is 0. The molecule has 0 amide bonds. The van der Waals surface area contributed by atoms with Crippen LogP contribution < -0.4 is 4.74 Å². The van der Waals surface area contributed by atoms with Gasteiger partial charge in [-0.15, -0.1) is 0 Å². The van der Waals surface area contributed by atoms with Crippen LogP contribution in [0.15, 0.2) is 30.3 Å². The topological polar surface area (TPSA) is 107 Å². The molecule has 0 spiro atoms. The molecule has 6 nitrogen and oxygen atoms in total. The Hall–Kier alpha value is -2.89. The van der Waals surface area contributed by atoms with Gasteiger partial charge in [-0.1, -0.05) is 0 Å². The first-order chi connectivity index (χ1) is 9.97. The Labute approximate surface area is 119 Å². The van der Waals surface area contributed by atoms with Crippen molar-refractivity contribution in [2.45, 2.75) is 5.92 Å². The fourth-order valence-corrected chi connectivity index (χ4v) is 2.36. The van der Waals surface area contributed by atoms with Crippen LogP contribution in [0.2, 0.25) is 0 Å². The number of carbonyl (C=O) groups excluding carboxylic acids is 1. The van der Waals surface area contributed by atoms with Gasteiger partial charge in [0, 0.05) is 17.7 Å². The summed E-state index contributed by atoms with van der Waals surface area (Å²) in [5.41, 5.74) is 0.463. The summed E-state index contributed by atoms with van der Waals surface area (Å²) in [5, 5.41) is 38.1. The normalized spacial score (nSPS) is 17.1. The number of phenols is 4. The molecule has 0 aliphatic carbocycles. The fourth-order valence-electron chi connectivity index (χ4n) is 2.36. The molecule has 21 heavy (non-hydrogen) atoms. The number of ketones is 1. The first-order valence-electron chi connectivity index (χ1n) is 6.22. The maximum atomic E-state index is 12.5. The highest BCUT2D eigenvalue weighted by molar-refractivity contribution is 6.04. The molecule has 0 aromatic heterocycles. The van der Waals surface area contributed by atoms with Crippen LogP contribution in [0.4, 0.5) is 0 Å². The molecule has 3 rings (SSSR count). The minimum atomic E-state index is -0.798. The van der Waals surface area contributed by atoms with Gasteiger partial charge >= 0.3 is 0 Å². The molecule has 0 saturated carbocycles. The van der Waals surface area contributed by atoms with Crippen LogP contribution in [-0.4, -0.2) is 32.8 Å². The van der Waals surface area contributed by atoms with E-state index in [1.54, 1.807) is 0 Å². The van der Waals surface area contributed by atoms with Crippen molar-refractivity contribution >= 4 is 5.78 Å². The van der Waals surface area contributed by atoms with Gasteiger partial charge in [0.15, 0.2) is 17.3 Å². The van der Waals surface area contributed by atoms with Crippen molar-refractivity contribution in [3.8, 4) is 28.7 Å². The highest BCUT2D eigenvalue weighted by Crippen LogP contribution is 2.41. The van der Waals surface area contributed by atoms with Crippen LogP contribution in [-0.2, 0) is 0 Å². The standard InChI is InChI=1S/C15H12O6/c16-7-1-2-8-14(3-7)21-6-10(15(8)20)9-4-12(18)13(19)5-11(9)17/h1-5,10,16-19H,6H2. The summed E-state index contributed by atoms with van der Waals surface area (Å²) in [4.78, 5) is 12.5. The Balaban J connectivity index is 2.04.